The van der Waals surface area contributed by atoms with Crippen LogP contribution in [0.3, 0.4) is 0 Å². The van der Waals surface area contributed by atoms with E-state index in [1.54, 1.807) is 45.0 Å². The van der Waals surface area contributed by atoms with E-state index in [0.717, 1.165) is 17.0 Å². The normalized spacial score (nSPS) is 12.6. The molecule has 0 atom stereocenters. The van der Waals surface area contributed by atoms with Gasteiger partial charge < -0.3 is 20.7 Å². The zero-order valence-corrected chi connectivity index (χ0v) is 20.3. The molecule has 0 spiro atoms. The van der Waals surface area contributed by atoms with Gasteiger partial charge in [0.05, 0.1) is 16.1 Å². The summed E-state index contributed by atoms with van der Waals surface area (Å²) < 4.78 is 5.05. The average molecular weight is 511 g/mol. The number of amides is 5. The number of alkyl carbamates (subject to hydrolysis) is 1. The summed E-state index contributed by atoms with van der Waals surface area (Å²) in [6.45, 7) is 4.47. The SMILES string of the molecule is CC(C)(C)OC(=O)NCC(=O)NCc1ccc(NC(=O)CN2C(=O)c3ccc([N+](=O)[O-])cc3C2=O)cc1. The number of carbonyl (C=O) groups is 5. The summed E-state index contributed by atoms with van der Waals surface area (Å²) in [5.74, 6) is -2.56. The topological polar surface area (TPSA) is 177 Å². The molecule has 0 unspecified atom stereocenters. The number of rotatable bonds is 8. The Hall–Kier alpha value is -4.81. The van der Waals surface area contributed by atoms with E-state index in [-0.39, 0.29) is 29.9 Å². The Bertz CT molecular complexity index is 1270. The summed E-state index contributed by atoms with van der Waals surface area (Å²) in [5, 5.41) is 18.5. The van der Waals surface area contributed by atoms with Crippen LogP contribution in [-0.2, 0) is 20.9 Å². The second kappa shape index (κ2) is 10.8. The van der Waals surface area contributed by atoms with Crippen LogP contribution in [0.25, 0.3) is 0 Å². The van der Waals surface area contributed by atoms with E-state index >= 15 is 0 Å². The lowest BCUT2D eigenvalue weighted by molar-refractivity contribution is -0.384. The van der Waals surface area contributed by atoms with Gasteiger partial charge in [-0.3, -0.25) is 34.2 Å². The maximum atomic E-state index is 12.5. The molecule has 1 heterocycles. The average Bonchev–Trinajstić information content (AvgIpc) is 3.05. The Morgan fingerprint density at radius 2 is 1.59 bits per heavy atom. The molecule has 194 valence electrons. The number of nitrogens with zero attached hydrogens (tertiary/aromatic N) is 2. The van der Waals surface area contributed by atoms with E-state index in [9.17, 15) is 34.1 Å². The lowest BCUT2D eigenvalue weighted by atomic mass is 10.1. The molecule has 1 aliphatic heterocycles. The van der Waals surface area contributed by atoms with Crippen molar-refractivity contribution in [1.29, 1.82) is 0 Å². The smallest absolute Gasteiger partial charge is 0.408 e. The summed E-state index contributed by atoms with van der Waals surface area (Å²) in [6, 6.07) is 9.77. The number of nitrogens with one attached hydrogen (secondary N) is 3. The zero-order valence-electron chi connectivity index (χ0n) is 20.3. The Kier molecular flexibility index (Phi) is 7.85. The zero-order chi connectivity index (χ0) is 27.3. The second-order valence-corrected chi connectivity index (χ2v) is 9.06. The molecule has 0 saturated carbocycles. The van der Waals surface area contributed by atoms with Crippen LogP contribution in [0.15, 0.2) is 42.5 Å². The first-order valence-corrected chi connectivity index (χ1v) is 11.1. The van der Waals surface area contributed by atoms with E-state index in [1.165, 1.54) is 6.07 Å². The van der Waals surface area contributed by atoms with Crippen molar-refractivity contribution in [3.8, 4) is 0 Å². The van der Waals surface area contributed by atoms with Gasteiger partial charge in [0.15, 0.2) is 0 Å². The van der Waals surface area contributed by atoms with Crippen molar-refractivity contribution in [3.05, 3.63) is 69.3 Å². The van der Waals surface area contributed by atoms with E-state index in [2.05, 4.69) is 16.0 Å². The molecule has 0 aliphatic carbocycles. The minimum Gasteiger partial charge on any atom is -0.444 e. The van der Waals surface area contributed by atoms with E-state index in [4.69, 9.17) is 4.74 Å². The first-order chi connectivity index (χ1) is 17.3. The van der Waals surface area contributed by atoms with Gasteiger partial charge in [-0.15, -0.1) is 0 Å². The third-order valence-corrected chi connectivity index (χ3v) is 4.99. The number of non-ortho nitro benzene ring substituents is 1. The van der Waals surface area contributed by atoms with Gasteiger partial charge >= 0.3 is 6.09 Å². The molecule has 0 fully saturated rings. The highest BCUT2D eigenvalue weighted by Gasteiger charge is 2.37. The van der Waals surface area contributed by atoms with Crippen LogP contribution in [-0.4, -0.2) is 58.2 Å². The summed E-state index contributed by atoms with van der Waals surface area (Å²) in [5.41, 5.74) is -0.0344. The molecule has 13 nitrogen and oxygen atoms in total. The molecule has 13 heteroatoms. The monoisotopic (exact) mass is 511 g/mol. The number of carbonyl (C=O) groups excluding carboxylic acids is 5. The molecule has 0 radical (unpaired) electrons. The highest BCUT2D eigenvalue weighted by molar-refractivity contribution is 6.23. The fourth-order valence-electron chi connectivity index (χ4n) is 3.32. The van der Waals surface area contributed by atoms with E-state index in [0.29, 0.717) is 11.3 Å². The first-order valence-electron chi connectivity index (χ1n) is 11.1. The molecule has 2 aromatic rings. The number of hydrogen-bond donors (Lipinski definition) is 3. The van der Waals surface area contributed by atoms with Crippen molar-refractivity contribution < 1.29 is 33.6 Å². The van der Waals surface area contributed by atoms with Gasteiger partial charge in [-0.1, -0.05) is 12.1 Å². The van der Waals surface area contributed by atoms with Crippen LogP contribution in [0.2, 0.25) is 0 Å². The molecule has 0 aromatic heterocycles. The molecule has 37 heavy (non-hydrogen) atoms. The predicted octanol–water partition coefficient (Wildman–Crippen LogP) is 1.97. The summed E-state index contributed by atoms with van der Waals surface area (Å²) in [7, 11) is 0. The molecular formula is C24H25N5O8. The second-order valence-electron chi connectivity index (χ2n) is 9.06. The molecule has 1 aliphatic rings. The van der Waals surface area contributed by atoms with E-state index in [1.807, 2.05) is 0 Å². The molecular weight excluding hydrogens is 486 g/mol. The number of nitro groups is 1. The van der Waals surface area contributed by atoms with Crippen molar-refractivity contribution in [2.45, 2.75) is 32.9 Å². The van der Waals surface area contributed by atoms with Gasteiger partial charge in [-0.25, -0.2) is 4.79 Å². The van der Waals surface area contributed by atoms with Crippen molar-refractivity contribution in [2.75, 3.05) is 18.4 Å². The fraction of sp³-hybridized carbons (Fsp3) is 0.292. The number of anilines is 1. The minimum absolute atomic E-state index is 0.00362. The largest absolute Gasteiger partial charge is 0.444 e. The molecule has 0 saturated heterocycles. The fourth-order valence-corrected chi connectivity index (χ4v) is 3.32. The van der Waals surface area contributed by atoms with Gasteiger partial charge in [-0.2, -0.15) is 0 Å². The number of benzene rings is 2. The molecule has 3 rings (SSSR count). The number of fused-ring (bicyclic) bond motifs is 1. The standard InChI is InChI=1S/C24H25N5O8/c1-24(2,3)37-23(34)26-12-19(30)25-11-14-4-6-15(7-5-14)27-20(31)13-28-21(32)17-9-8-16(29(35)36)10-18(17)22(28)33/h4-10H,11-13H2,1-3H3,(H,25,30)(H,26,34)(H,27,31). The molecule has 2 aromatic carbocycles. The number of nitro benzene ring substituents is 1. The predicted molar refractivity (Wildman–Crippen MR) is 130 cm³/mol. The van der Waals surface area contributed by atoms with Gasteiger partial charge in [0.25, 0.3) is 17.5 Å². The van der Waals surface area contributed by atoms with Gasteiger partial charge in [0.1, 0.15) is 18.7 Å². The Morgan fingerprint density at radius 1 is 0.946 bits per heavy atom. The quantitative estimate of drug-likeness (QED) is 0.274. The highest BCUT2D eigenvalue weighted by Crippen LogP contribution is 2.26. The number of ether oxygens (including phenoxy) is 1. The summed E-state index contributed by atoms with van der Waals surface area (Å²) in [4.78, 5) is 71.9. The summed E-state index contributed by atoms with van der Waals surface area (Å²) >= 11 is 0. The lowest BCUT2D eigenvalue weighted by Gasteiger charge is -2.19. The van der Waals surface area contributed by atoms with Crippen LogP contribution < -0.4 is 16.0 Å². The van der Waals surface area contributed by atoms with Crippen LogP contribution in [0.1, 0.15) is 47.1 Å². The number of hydrogen-bond acceptors (Lipinski definition) is 8. The maximum absolute atomic E-state index is 12.5. The third-order valence-electron chi connectivity index (χ3n) is 4.99. The van der Waals surface area contributed by atoms with Crippen molar-refractivity contribution in [1.82, 2.24) is 15.5 Å². The van der Waals surface area contributed by atoms with Gasteiger partial charge in [0.2, 0.25) is 11.8 Å². The third kappa shape index (κ3) is 7.10. The van der Waals surface area contributed by atoms with Crippen LogP contribution in [0, 0.1) is 10.1 Å². The van der Waals surface area contributed by atoms with Crippen molar-refractivity contribution in [3.63, 3.8) is 0 Å². The maximum Gasteiger partial charge on any atom is 0.408 e. The van der Waals surface area contributed by atoms with Crippen molar-refractivity contribution in [2.24, 2.45) is 0 Å². The lowest BCUT2D eigenvalue weighted by Crippen LogP contribution is -2.39. The van der Waals surface area contributed by atoms with Crippen LogP contribution >= 0.6 is 0 Å². The molecule has 5 amide bonds. The van der Waals surface area contributed by atoms with Crippen LogP contribution in [0.5, 0.6) is 0 Å². The molecule has 0 bridgehead atoms. The van der Waals surface area contributed by atoms with Crippen LogP contribution in [0.4, 0.5) is 16.2 Å². The first kappa shape index (κ1) is 26.8. The van der Waals surface area contributed by atoms with Crippen molar-refractivity contribution >= 4 is 41.1 Å². The molecule has 3 N–H and O–H groups in total. The Balaban J connectivity index is 1.48. The Morgan fingerprint density at radius 3 is 2.22 bits per heavy atom. The Labute approximate surface area is 211 Å². The highest BCUT2D eigenvalue weighted by atomic mass is 16.6. The summed E-state index contributed by atoms with van der Waals surface area (Å²) in [6.07, 6.45) is -0.703. The van der Waals surface area contributed by atoms with Gasteiger partial charge in [0, 0.05) is 24.4 Å². The van der Waals surface area contributed by atoms with Gasteiger partial charge in [-0.05, 0) is 44.5 Å². The van der Waals surface area contributed by atoms with E-state index < -0.39 is 46.8 Å². The number of imide groups is 1. The minimum atomic E-state index is -0.786.